The van der Waals surface area contributed by atoms with E-state index in [2.05, 4.69) is 19.2 Å². The van der Waals surface area contributed by atoms with Gasteiger partial charge in [-0.15, -0.1) is 0 Å². The lowest BCUT2D eigenvalue weighted by atomic mass is 10.3. The summed E-state index contributed by atoms with van der Waals surface area (Å²) >= 11 is 0. The molecule has 102 valence electrons. The molecule has 2 N–H and O–H groups in total. The molecular weight excluding hydrogens is 218 g/mol. The average molecular weight is 245 g/mol. The predicted octanol–water partition coefficient (Wildman–Crippen LogP) is 1.32. The number of aliphatic hydroxyl groups is 1. The minimum absolute atomic E-state index is 0.282. The highest BCUT2D eigenvalue weighted by Gasteiger charge is 2.36. The third-order valence-electron chi connectivity index (χ3n) is 3.09. The molecule has 1 aliphatic rings. The van der Waals surface area contributed by atoms with Crippen molar-refractivity contribution >= 4 is 0 Å². The van der Waals surface area contributed by atoms with Gasteiger partial charge in [0.05, 0.1) is 25.9 Å². The molecule has 0 radical (unpaired) electrons. The molecule has 0 aromatic carbocycles. The van der Waals surface area contributed by atoms with E-state index in [1.54, 1.807) is 0 Å². The highest BCUT2D eigenvalue weighted by Crippen LogP contribution is 2.33. The van der Waals surface area contributed by atoms with Crippen LogP contribution in [0.2, 0.25) is 0 Å². The van der Waals surface area contributed by atoms with Crippen molar-refractivity contribution < 1.29 is 14.6 Å². The van der Waals surface area contributed by atoms with Crippen molar-refractivity contribution in [3.05, 3.63) is 0 Å². The van der Waals surface area contributed by atoms with Gasteiger partial charge in [-0.3, -0.25) is 0 Å². The van der Waals surface area contributed by atoms with Gasteiger partial charge in [0.15, 0.2) is 0 Å². The van der Waals surface area contributed by atoms with Gasteiger partial charge in [-0.2, -0.15) is 0 Å². The average Bonchev–Trinajstić information content (AvgIpc) is 3.04. The molecule has 0 aromatic rings. The standard InChI is InChI=1S/C13H27NO3/c1-3-4-7-16-8-9-17-11-12(15)10-14-13(2)5-6-13/h12,14-15H,3-11H2,1-2H3. The largest absolute Gasteiger partial charge is 0.389 e. The summed E-state index contributed by atoms with van der Waals surface area (Å²) in [7, 11) is 0. The maximum atomic E-state index is 9.65. The topological polar surface area (TPSA) is 50.7 Å². The molecule has 0 aliphatic heterocycles. The second-order valence-electron chi connectivity index (χ2n) is 5.14. The van der Waals surface area contributed by atoms with E-state index in [0.717, 1.165) is 19.4 Å². The van der Waals surface area contributed by atoms with Crippen LogP contribution in [0.25, 0.3) is 0 Å². The van der Waals surface area contributed by atoms with Crippen LogP contribution in [0, 0.1) is 0 Å². The van der Waals surface area contributed by atoms with Gasteiger partial charge in [-0.25, -0.2) is 0 Å². The summed E-state index contributed by atoms with van der Waals surface area (Å²) in [4.78, 5) is 0. The Kier molecular flexibility index (Phi) is 7.04. The van der Waals surface area contributed by atoms with E-state index < -0.39 is 6.10 Å². The zero-order valence-electron chi connectivity index (χ0n) is 11.2. The predicted molar refractivity (Wildman–Crippen MR) is 68.2 cm³/mol. The van der Waals surface area contributed by atoms with Gasteiger partial charge in [0.25, 0.3) is 0 Å². The Bertz CT molecular complexity index is 195. The molecule has 0 spiro atoms. The first-order valence-electron chi connectivity index (χ1n) is 6.75. The second-order valence-corrected chi connectivity index (χ2v) is 5.14. The van der Waals surface area contributed by atoms with Crippen LogP contribution in [0.4, 0.5) is 0 Å². The highest BCUT2D eigenvalue weighted by molar-refractivity contribution is 4.97. The van der Waals surface area contributed by atoms with E-state index in [9.17, 15) is 5.11 Å². The fourth-order valence-electron chi connectivity index (χ4n) is 1.47. The van der Waals surface area contributed by atoms with E-state index in [1.807, 2.05) is 0 Å². The Hall–Kier alpha value is -0.160. The van der Waals surface area contributed by atoms with E-state index in [-0.39, 0.29) is 5.54 Å². The minimum Gasteiger partial charge on any atom is -0.389 e. The van der Waals surface area contributed by atoms with Crippen LogP contribution in [0.15, 0.2) is 0 Å². The lowest BCUT2D eigenvalue weighted by Gasteiger charge is -2.16. The summed E-state index contributed by atoms with van der Waals surface area (Å²) in [6, 6.07) is 0. The number of ether oxygens (including phenoxy) is 2. The molecule has 0 heterocycles. The van der Waals surface area contributed by atoms with Gasteiger partial charge >= 0.3 is 0 Å². The molecule has 1 rings (SSSR count). The third kappa shape index (κ3) is 7.71. The van der Waals surface area contributed by atoms with Crippen molar-refractivity contribution in [3.8, 4) is 0 Å². The lowest BCUT2D eigenvalue weighted by molar-refractivity contribution is 0.00308. The molecule has 1 atom stereocenters. The van der Waals surface area contributed by atoms with E-state index in [4.69, 9.17) is 9.47 Å². The van der Waals surface area contributed by atoms with E-state index >= 15 is 0 Å². The quantitative estimate of drug-likeness (QED) is 0.539. The molecule has 4 heteroatoms. The maximum absolute atomic E-state index is 9.65. The van der Waals surface area contributed by atoms with Crippen LogP contribution >= 0.6 is 0 Å². The fourth-order valence-corrected chi connectivity index (χ4v) is 1.47. The highest BCUT2D eigenvalue weighted by atomic mass is 16.5. The van der Waals surface area contributed by atoms with Crippen LogP contribution < -0.4 is 5.32 Å². The van der Waals surface area contributed by atoms with Gasteiger partial charge in [0, 0.05) is 18.7 Å². The molecule has 0 bridgehead atoms. The number of unbranched alkanes of at least 4 members (excludes halogenated alkanes) is 1. The first kappa shape index (κ1) is 14.9. The van der Waals surface area contributed by atoms with Crippen LogP contribution in [0.1, 0.15) is 39.5 Å². The second kappa shape index (κ2) is 8.03. The number of β-amino-alcohol motifs (C(OH)–C–C–N with tert-alkyl or cyclic N) is 1. The summed E-state index contributed by atoms with van der Waals surface area (Å²) in [5.74, 6) is 0. The summed E-state index contributed by atoms with van der Waals surface area (Å²) in [6.45, 7) is 7.33. The molecule has 0 saturated heterocycles. The first-order chi connectivity index (χ1) is 8.16. The van der Waals surface area contributed by atoms with Crippen LogP contribution in [-0.2, 0) is 9.47 Å². The summed E-state index contributed by atoms with van der Waals surface area (Å²) < 4.78 is 10.7. The Labute approximate surface area is 105 Å². The summed E-state index contributed by atoms with van der Waals surface area (Å²) in [5, 5.41) is 13.0. The number of nitrogens with one attached hydrogen (secondary N) is 1. The summed E-state index contributed by atoms with van der Waals surface area (Å²) in [6.07, 6.45) is 4.27. The monoisotopic (exact) mass is 245 g/mol. The van der Waals surface area contributed by atoms with E-state index in [1.165, 1.54) is 12.8 Å². The lowest BCUT2D eigenvalue weighted by Crippen LogP contribution is -2.37. The van der Waals surface area contributed by atoms with Crippen molar-refractivity contribution in [2.45, 2.75) is 51.2 Å². The van der Waals surface area contributed by atoms with E-state index in [0.29, 0.717) is 26.4 Å². The van der Waals surface area contributed by atoms with Crippen molar-refractivity contribution in [2.75, 3.05) is 33.0 Å². The smallest absolute Gasteiger partial charge is 0.0897 e. The number of hydrogen-bond acceptors (Lipinski definition) is 4. The third-order valence-corrected chi connectivity index (χ3v) is 3.09. The van der Waals surface area contributed by atoms with Gasteiger partial charge in [0.1, 0.15) is 0 Å². The molecule has 1 fully saturated rings. The molecule has 4 nitrogen and oxygen atoms in total. The first-order valence-corrected chi connectivity index (χ1v) is 6.75. The molecule has 0 amide bonds. The maximum Gasteiger partial charge on any atom is 0.0897 e. The van der Waals surface area contributed by atoms with Crippen molar-refractivity contribution in [3.63, 3.8) is 0 Å². The number of hydrogen-bond donors (Lipinski definition) is 2. The van der Waals surface area contributed by atoms with Gasteiger partial charge in [-0.1, -0.05) is 13.3 Å². The van der Waals surface area contributed by atoms with Crippen LogP contribution in [0.3, 0.4) is 0 Å². The zero-order valence-corrected chi connectivity index (χ0v) is 11.2. The van der Waals surface area contributed by atoms with Crippen LogP contribution in [0.5, 0.6) is 0 Å². The molecule has 1 saturated carbocycles. The zero-order chi connectivity index (χ0) is 12.6. The molecule has 1 unspecified atom stereocenters. The summed E-state index contributed by atoms with van der Waals surface area (Å²) in [5.41, 5.74) is 0.282. The van der Waals surface area contributed by atoms with Gasteiger partial charge < -0.3 is 19.9 Å². The minimum atomic E-state index is -0.414. The van der Waals surface area contributed by atoms with Crippen molar-refractivity contribution in [1.82, 2.24) is 5.32 Å². The Balaban J connectivity index is 1.81. The fraction of sp³-hybridized carbons (Fsp3) is 1.00. The molecule has 0 aromatic heterocycles. The molecule has 17 heavy (non-hydrogen) atoms. The Morgan fingerprint density at radius 1 is 1.24 bits per heavy atom. The Morgan fingerprint density at radius 3 is 2.59 bits per heavy atom. The SMILES string of the molecule is CCCCOCCOCC(O)CNC1(C)CC1. The van der Waals surface area contributed by atoms with Gasteiger partial charge in [-0.05, 0) is 26.2 Å². The normalized spacial score (nSPS) is 19.2. The van der Waals surface area contributed by atoms with Crippen LogP contribution in [-0.4, -0.2) is 49.7 Å². The number of rotatable bonds is 11. The molecule has 1 aliphatic carbocycles. The number of aliphatic hydroxyl groups excluding tert-OH is 1. The Morgan fingerprint density at radius 2 is 1.94 bits per heavy atom. The van der Waals surface area contributed by atoms with Crippen molar-refractivity contribution in [2.24, 2.45) is 0 Å². The molecular formula is C13H27NO3. The van der Waals surface area contributed by atoms with Crippen molar-refractivity contribution in [1.29, 1.82) is 0 Å². The van der Waals surface area contributed by atoms with Gasteiger partial charge in [0.2, 0.25) is 0 Å².